The normalized spacial score (nSPS) is 9.33. The third-order valence-electron chi connectivity index (χ3n) is 1.11. The molecule has 0 aliphatic heterocycles. The second-order valence-electron chi connectivity index (χ2n) is 1.89. The molecule has 0 aliphatic rings. The van der Waals surface area contributed by atoms with Crippen LogP contribution < -0.4 is 16.9 Å². The predicted molar refractivity (Wildman–Crippen MR) is 40.7 cm³/mol. The van der Waals surface area contributed by atoms with Crippen LogP contribution in [0.25, 0.3) is 0 Å². The van der Waals surface area contributed by atoms with E-state index in [0.717, 1.165) is 0 Å². The zero-order valence-corrected chi connectivity index (χ0v) is 4.96. The van der Waals surface area contributed by atoms with Crippen molar-refractivity contribution >= 4 is 24.7 Å². The highest BCUT2D eigenvalue weighted by Crippen LogP contribution is 2.08. The number of nitrogen functional groups attached to an aromatic ring is 2. The lowest BCUT2D eigenvalue weighted by atomic mass is 9.96. The molecule has 2 radical (unpaired) electrons. The summed E-state index contributed by atoms with van der Waals surface area (Å²) in [5.41, 5.74) is 12.6. The van der Waals surface area contributed by atoms with Crippen molar-refractivity contribution in [2.45, 2.75) is 0 Å². The van der Waals surface area contributed by atoms with E-state index < -0.39 is 0 Å². The van der Waals surface area contributed by atoms with Gasteiger partial charge in [0.2, 0.25) is 0 Å². The molecule has 44 valence electrons. The SMILES string of the molecule is [B]c1ccc(N)c(N)c1. The smallest absolute Gasteiger partial charge is 0.113 e. The Kier molecular flexibility index (Phi) is 1.34. The fraction of sp³-hybridized carbons (Fsp3) is 0. The third kappa shape index (κ3) is 1.16. The van der Waals surface area contributed by atoms with Crippen molar-refractivity contribution in [3.05, 3.63) is 18.2 Å². The van der Waals surface area contributed by atoms with E-state index in [1.807, 2.05) is 0 Å². The molecule has 1 rings (SSSR count). The van der Waals surface area contributed by atoms with Gasteiger partial charge in [-0.1, -0.05) is 11.5 Å². The summed E-state index contributed by atoms with van der Waals surface area (Å²) < 4.78 is 0. The van der Waals surface area contributed by atoms with E-state index in [4.69, 9.17) is 19.3 Å². The topological polar surface area (TPSA) is 52.0 Å². The Morgan fingerprint density at radius 3 is 2.22 bits per heavy atom. The van der Waals surface area contributed by atoms with Gasteiger partial charge in [-0.15, -0.1) is 0 Å². The number of anilines is 2. The molecule has 0 aromatic heterocycles. The van der Waals surface area contributed by atoms with E-state index >= 15 is 0 Å². The summed E-state index contributed by atoms with van der Waals surface area (Å²) >= 11 is 0. The molecule has 2 nitrogen and oxygen atoms in total. The van der Waals surface area contributed by atoms with Crippen molar-refractivity contribution in [2.75, 3.05) is 11.5 Å². The number of nitrogens with two attached hydrogens (primary N) is 2. The highest BCUT2D eigenvalue weighted by molar-refractivity contribution is 6.32. The highest BCUT2D eigenvalue weighted by atomic mass is 14.7. The van der Waals surface area contributed by atoms with E-state index in [0.29, 0.717) is 16.8 Å². The Bertz CT molecular complexity index is 222. The highest BCUT2D eigenvalue weighted by Gasteiger charge is 1.90. The number of benzene rings is 1. The van der Waals surface area contributed by atoms with Crippen LogP contribution in [0.4, 0.5) is 11.4 Å². The average Bonchev–Trinajstić information content (AvgIpc) is 1.80. The summed E-state index contributed by atoms with van der Waals surface area (Å²) in [6, 6.07) is 5.03. The monoisotopic (exact) mass is 118 g/mol. The van der Waals surface area contributed by atoms with E-state index in [-0.39, 0.29) is 0 Å². The Labute approximate surface area is 55.3 Å². The molecule has 0 aliphatic carbocycles. The summed E-state index contributed by atoms with van der Waals surface area (Å²) in [6.07, 6.45) is 0. The molecule has 0 amide bonds. The van der Waals surface area contributed by atoms with Crippen LogP contribution in [0.5, 0.6) is 0 Å². The van der Waals surface area contributed by atoms with Crippen molar-refractivity contribution in [1.82, 2.24) is 0 Å². The Balaban J connectivity index is 3.17. The first-order valence-corrected chi connectivity index (χ1v) is 2.60. The molecule has 9 heavy (non-hydrogen) atoms. The number of hydrogen-bond acceptors (Lipinski definition) is 2. The molecule has 0 unspecified atom stereocenters. The molecule has 1 aromatic carbocycles. The van der Waals surface area contributed by atoms with Crippen LogP contribution >= 0.6 is 0 Å². The predicted octanol–water partition coefficient (Wildman–Crippen LogP) is -0.355. The maximum Gasteiger partial charge on any atom is 0.113 e. The maximum absolute atomic E-state index is 5.42. The van der Waals surface area contributed by atoms with Crippen LogP contribution in [0.3, 0.4) is 0 Å². The Morgan fingerprint density at radius 1 is 1.11 bits per heavy atom. The first-order chi connectivity index (χ1) is 4.20. The van der Waals surface area contributed by atoms with E-state index in [9.17, 15) is 0 Å². The number of hydrogen-bond donors (Lipinski definition) is 2. The van der Waals surface area contributed by atoms with Crippen molar-refractivity contribution in [3.8, 4) is 0 Å². The van der Waals surface area contributed by atoms with Gasteiger partial charge in [0.05, 0.1) is 11.4 Å². The minimum absolute atomic E-state index is 0.537. The zero-order chi connectivity index (χ0) is 6.85. The van der Waals surface area contributed by atoms with Gasteiger partial charge in [0.1, 0.15) is 7.85 Å². The van der Waals surface area contributed by atoms with Crippen molar-refractivity contribution in [3.63, 3.8) is 0 Å². The largest absolute Gasteiger partial charge is 0.397 e. The summed E-state index contributed by atoms with van der Waals surface area (Å²) in [4.78, 5) is 0. The van der Waals surface area contributed by atoms with E-state index in [2.05, 4.69) is 0 Å². The van der Waals surface area contributed by atoms with Crippen LogP contribution in [-0.2, 0) is 0 Å². The molecule has 0 fully saturated rings. The van der Waals surface area contributed by atoms with Gasteiger partial charge in [-0.25, -0.2) is 0 Å². The van der Waals surface area contributed by atoms with Gasteiger partial charge in [-0.05, 0) is 12.1 Å². The number of rotatable bonds is 0. The molecular weight excluding hydrogens is 111 g/mol. The quantitative estimate of drug-likeness (QED) is 0.361. The van der Waals surface area contributed by atoms with Crippen LogP contribution in [-0.4, -0.2) is 7.85 Å². The van der Waals surface area contributed by atoms with Gasteiger partial charge in [0, 0.05) is 0 Å². The standard InChI is InChI=1S/C6H7BN2/c7-4-1-2-5(8)6(9)3-4/h1-3H,8-9H2. The first-order valence-electron chi connectivity index (χ1n) is 2.60. The molecule has 0 saturated heterocycles. The van der Waals surface area contributed by atoms with Gasteiger partial charge in [0.25, 0.3) is 0 Å². The van der Waals surface area contributed by atoms with Crippen molar-refractivity contribution in [1.29, 1.82) is 0 Å². The Morgan fingerprint density at radius 2 is 1.78 bits per heavy atom. The van der Waals surface area contributed by atoms with E-state index in [1.54, 1.807) is 18.2 Å². The van der Waals surface area contributed by atoms with Crippen molar-refractivity contribution in [2.24, 2.45) is 0 Å². The summed E-state index contributed by atoms with van der Waals surface area (Å²) in [6.45, 7) is 0. The maximum atomic E-state index is 5.42. The minimum Gasteiger partial charge on any atom is -0.397 e. The second kappa shape index (κ2) is 2.01. The van der Waals surface area contributed by atoms with Crippen LogP contribution in [0.15, 0.2) is 18.2 Å². The lowest BCUT2D eigenvalue weighted by Crippen LogP contribution is -2.05. The summed E-state index contributed by atoms with van der Waals surface area (Å²) in [7, 11) is 5.39. The molecule has 0 bridgehead atoms. The van der Waals surface area contributed by atoms with Gasteiger partial charge in [0.15, 0.2) is 0 Å². The lowest BCUT2D eigenvalue weighted by Gasteiger charge is -1.98. The molecule has 3 heteroatoms. The zero-order valence-electron chi connectivity index (χ0n) is 4.96. The van der Waals surface area contributed by atoms with Gasteiger partial charge < -0.3 is 11.5 Å². The Hall–Kier alpha value is -1.12. The molecule has 0 heterocycles. The van der Waals surface area contributed by atoms with Crippen molar-refractivity contribution < 1.29 is 0 Å². The molecular formula is C6H7BN2. The summed E-state index contributed by atoms with van der Waals surface area (Å²) in [5.74, 6) is 0. The molecule has 0 saturated carbocycles. The minimum atomic E-state index is 0.537. The fourth-order valence-electron chi connectivity index (χ4n) is 0.593. The van der Waals surface area contributed by atoms with Crippen LogP contribution in [0.2, 0.25) is 0 Å². The average molecular weight is 118 g/mol. The summed E-state index contributed by atoms with van der Waals surface area (Å²) in [5, 5.41) is 0. The molecule has 1 aromatic rings. The molecule has 0 atom stereocenters. The van der Waals surface area contributed by atoms with Crippen LogP contribution in [0, 0.1) is 0 Å². The fourth-order valence-corrected chi connectivity index (χ4v) is 0.593. The van der Waals surface area contributed by atoms with Gasteiger partial charge in [-0.3, -0.25) is 0 Å². The van der Waals surface area contributed by atoms with E-state index in [1.165, 1.54) is 0 Å². The molecule has 0 spiro atoms. The third-order valence-corrected chi connectivity index (χ3v) is 1.11. The first kappa shape index (κ1) is 6.01. The molecule has 4 N–H and O–H groups in total. The lowest BCUT2D eigenvalue weighted by molar-refractivity contribution is 1.70. The van der Waals surface area contributed by atoms with Crippen LogP contribution in [0.1, 0.15) is 0 Å². The van der Waals surface area contributed by atoms with Gasteiger partial charge in [-0.2, -0.15) is 0 Å². The van der Waals surface area contributed by atoms with Gasteiger partial charge >= 0.3 is 0 Å². The second-order valence-corrected chi connectivity index (χ2v) is 1.89.